The van der Waals surface area contributed by atoms with Crippen LogP contribution in [0.2, 0.25) is 0 Å². The van der Waals surface area contributed by atoms with E-state index in [1.807, 2.05) is 0 Å². The third kappa shape index (κ3) is 5.14. The van der Waals surface area contributed by atoms with Crippen LogP contribution < -0.4 is 9.47 Å². The van der Waals surface area contributed by atoms with Crippen LogP contribution in [0.15, 0.2) is 48.5 Å². The first-order chi connectivity index (χ1) is 11.6. The van der Waals surface area contributed by atoms with Gasteiger partial charge in [-0.3, -0.25) is 0 Å². The highest BCUT2D eigenvalue weighted by atomic mass is 19.4. The van der Waals surface area contributed by atoms with Gasteiger partial charge in [0.15, 0.2) is 5.60 Å². The molecule has 2 aromatic carbocycles. The fourth-order valence-electron chi connectivity index (χ4n) is 1.90. The Morgan fingerprint density at radius 3 is 1.96 bits per heavy atom. The molecule has 2 rings (SSSR count). The van der Waals surface area contributed by atoms with Crippen molar-refractivity contribution in [3.63, 3.8) is 0 Å². The van der Waals surface area contributed by atoms with Gasteiger partial charge in [-0.2, -0.15) is 13.2 Å². The van der Waals surface area contributed by atoms with Crippen LogP contribution in [0.4, 0.5) is 13.2 Å². The van der Waals surface area contributed by atoms with E-state index < -0.39 is 23.3 Å². The first-order valence-corrected chi connectivity index (χ1v) is 7.39. The van der Waals surface area contributed by atoms with Crippen molar-refractivity contribution in [3.05, 3.63) is 59.7 Å². The summed E-state index contributed by atoms with van der Waals surface area (Å²) in [5.41, 5.74) is -1.47. The van der Waals surface area contributed by atoms with Gasteiger partial charge in [-0.1, -0.05) is 12.1 Å². The van der Waals surface area contributed by atoms with E-state index >= 15 is 0 Å². The Morgan fingerprint density at radius 1 is 0.960 bits per heavy atom. The molecular weight excluding hydrogens is 337 g/mol. The summed E-state index contributed by atoms with van der Waals surface area (Å²) < 4.78 is 48.3. The van der Waals surface area contributed by atoms with Crippen LogP contribution in [-0.4, -0.2) is 16.7 Å². The van der Waals surface area contributed by atoms with Gasteiger partial charge in [0.05, 0.1) is 5.56 Å². The van der Waals surface area contributed by atoms with Crippen molar-refractivity contribution in [2.75, 3.05) is 0 Å². The molecule has 0 heterocycles. The second-order valence-electron chi connectivity index (χ2n) is 5.87. The summed E-state index contributed by atoms with van der Waals surface area (Å²) in [6.45, 7) is 2.98. The number of hydrogen-bond donors (Lipinski definition) is 1. The van der Waals surface area contributed by atoms with Crippen molar-refractivity contribution in [3.8, 4) is 11.5 Å². The third-order valence-corrected chi connectivity index (χ3v) is 3.40. The van der Waals surface area contributed by atoms with Gasteiger partial charge in [0.2, 0.25) is 0 Å². The quantitative estimate of drug-likeness (QED) is 0.828. The van der Waals surface area contributed by atoms with Crippen LogP contribution in [0.3, 0.4) is 0 Å². The molecule has 4 nitrogen and oxygen atoms in total. The molecule has 0 fully saturated rings. The molecule has 7 heteroatoms. The predicted octanol–water partition coefficient (Wildman–Crippen LogP) is 4.53. The van der Waals surface area contributed by atoms with Crippen LogP contribution in [0, 0.1) is 0 Å². The van der Waals surface area contributed by atoms with Crippen molar-refractivity contribution in [2.24, 2.45) is 0 Å². The molecule has 134 valence electrons. The van der Waals surface area contributed by atoms with Crippen molar-refractivity contribution >= 4 is 5.97 Å². The molecule has 0 spiro atoms. The number of carboxylic acids is 1. The molecular formula is C18H17F3O4. The van der Waals surface area contributed by atoms with E-state index in [9.17, 15) is 18.0 Å². The molecule has 1 N–H and O–H groups in total. The number of halogens is 3. The molecule has 0 amide bonds. The lowest BCUT2D eigenvalue weighted by atomic mass is 10.1. The molecule has 0 unspecified atom stereocenters. The Hall–Kier alpha value is -2.70. The van der Waals surface area contributed by atoms with Crippen LogP contribution in [0.5, 0.6) is 11.5 Å². The molecule has 0 aliphatic carbocycles. The van der Waals surface area contributed by atoms with Crippen molar-refractivity contribution in [1.29, 1.82) is 0 Å². The predicted molar refractivity (Wildman–Crippen MR) is 84.6 cm³/mol. The van der Waals surface area contributed by atoms with E-state index in [1.54, 1.807) is 24.3 Å². The standard InChI is InChI=1S/C18H17F3O4/c1-17(2,16(22)23)25-15-9-7-14(8-10-15)24-11-12-3-5-13(6-4-12)18(19,20)21/h3-10H,11H2,1-2H3,(H,22,23). The number of rotatable bonds is 6. The highest BCUT2D eigenvalue weighted by Gasteiger charge is 2.30. The zero-order valence-electron chi connectivity index (χ0n) is 13.6. The van der Waals surface area contributed by atoms with Gasteiger partial charge in [0, 0.05) is 0 Å². The summed E-state index contributed by atoms with van der Waals surface area (Å²) in [4.78, 5) is 11.0. The number of benzene rings is 2. The van der Waals surface area contributed by atoms with E-state index in [0.29, 0.717) is 17.1 Å². The summed E-state index contributed by atoms with van der Waals surface area (Å²) in [6.07, 6.45) is -4.36. The molecule has 2 aromatic rings. The molecule has 0 aliphatic heterocycles. The topological polar surface area (TPSA) is 55.8 Å². The lowest BCUT2D eigenvalue weighted by molar-refractivity contribution is -0.152. The minimum absolute atomic E-state index is 0.110. The number of carboxylic acid groups (broad SMARTS) is 1. The van der Waals surface area contributed by atoms with E-state index in [0.717, 1.165) is 12.1 Å². The van der Waals surface area contributed by atoms with E-state index in [1.165, 1.54) is 26.0 Å². The third-order valence-electron chi connectivity index (χ3n) is 3.40. The summed E-state index contributed by atoms with van der Waals surface area (Å²) in [7, 11) is 0. The van der Waals surface area contributed by atoms with Crippen LogP contribution in [0.1, 0.15) is 25.0 Å². The second-order valence-corrected chi connectivity index (χ2v) is 5.87. The molecule has 0 saturated carbocycles. The van der Waals surface area contributed by atoms with E-state index in [4.69, 9.17) is 14.6 Å². The Kier molecular flexibility index (Phi) is 5.25. The average Bonchev–Trinajstić information content (AvgIpc) is 2.53. The minimum atomic E-state index is -4.36. The normalized spacial score (nSPS) is 11.9. The molecule has 0 aliphatic rings. The Bertz CT molecular complexity index is 719. The average molecular weight is 354 g/mol. The number of ether oxygens (including phenoxy) is 2. The summed E-state index contributed by atoms with van der Waals surface area (Å²) in [5, 5.41) is 9.02. The molecule has 0 bridgehead atoms. The molecule has 0 aromatic heterocycles. The largest absolute Gasteiger partial charge is 0.489 e. The maximum atomic E-state index is 12.5. The summed E-state index contributed by atoms with van der Waals surface area (Å²) in [5.74, 6) is -0.232. The van der Waals surface area contributed by atoms with Gasteiger partial charge < -0.3 is 14.6 Å². The maximum absolute atomic E-state index is 12.5. The van der Waals surface area contributed by atoms with Gasteiger partial charge in [0.1, 0.15) is 18.1 Å². The van der Waals surface area contributed by atoms with Gasteiger partial charge in [-0.25, -0.2) is 4.79 Å². The summed E-state index contributed by atoms with van der Waals surface area (Å²) >= 11 is 0. The van der Waals surface area contributed by atoms with Crippen molar-refractivity contribution in [1.82, 2.24) is 0 Å². The maximum Gasteiger partial charge on any atom is 0.416 e. The Labute approximate surface area is 142 Å². The first-order valence-electron chi connectivity index (χ1n) is 7.39. The van der Waals surface area contributed by atoms with Crippen molar-refractivity contribution < 1.29 is 32.5 Å². The highest BCUT2D eigenvalue weighted by molar-refractivity contribution is 5.76. The molecule has 0 radical (unpaired) electrons. The van der Waals surface area contributed by atoms with Gasteiger partial charge >= 0.3 is 12.1 Å². The second kappa shape index (κ2) is 7.04. The highest BCUT2D eigenvalue weighted by Crippen LogP contribution is 2.29. The van der Waals surface area contributed by atoms with Crippen LogP contribution in [0.25, 0.3) is 0 Å². The van der Waals surface area contributed by atoms with E-state index in [-0.39, 0.29) is 6.61 Å². The number of aliphatic carboxylic acids is 1. The number of alkyl halides is 3. The summed E-state index contributed by atoms with van der Waals surface area (Å²) in [6, 6.07) is 11.0. The van der Waals surface area contributed by atoms with E-state index in [2.05, 4.69) is 0 Å². The Balaban J connectivity index is 1.94. The molecule has 25 heavy (non-hydrogen) atoms. The van der Waals surface area contributed by atoms with Gasteiger partial charge in [-0.05, 0) is 55.8 Å². The van der Waals surface area contributed by atoms with Gasteiger partial charge in [-0.15, -0.1) is 0 Å². The molecule has 0 atom stereocenters. The van der Waals surface area contributed by atoms with Crippen molar-refractivity contribution in [2.45, 2.75) is 32.2 Å². The lowest BCUT2D eigenvalue weighted by Crippen LogP contribution is -2.37. The SMILES string of the molecule is CC(C)(Oc1ccc(OCc2ccc(C(F)(F)F)cc2)cc1)C(=O)O. The van der Waals surface area contributed by atoms with Crippen LogP contribution >= 0.6 is 0 Å². The first kappa shape index (κ1) is 18.6. The fourth-order valence-corrected chi connectivity index (χ4v) is 1.90. The van der Waals surface area contributed by atoms with Gasteiger partial charge in [0.25, 0.3) is 0 Å². The fraction of sp³-hybridized carbons (Fsp3) is 0.278. The minimum Gasteiger partial charge on any atom is -0.489 e. The lowest BCUT2D eigenvalue weighted by Gasteiger charge is -2.21. The Morgan fingerprint density at radius 2 is 1.48 bits per heavy atom. The number of carbonyl (C=O) groups is 1. The zero-order valence-corrected chi connectivity index (χ0v) is 13.6. The van der Waals surface area contributed by atoms with Crippen LogP contribution in [-0.2, 0) is 17.6 Å². The zero-order chi connectivity index (χ0) is 18.7. The smallest absolute Gasteiger partial charge is 0.416 e. The monoisotopic (exact) mass is 354 g/mol. The number of hydrogen-bond acceptors (Lipinski definition) is 3. The molecule has 0 saturated heterocycles.